The highest BCUT2D eigenvalue weighted by Gasteiger charge is 2.21. The van der Waals surface area contributed by atoms with E-state index in [1.54, 1.807) is 10.7 Å². The third-order valence-electron chi connectivity index (χ3n) is 3.62. The summed E-state index contributed by atoms with van der Waals surface area (Å²) < 4.78 is 2.68. The lowest BCUT2D eigenvalue weighted by Crippen LogP contribution is -2.24. The lowest BCUT2D eigenvalue weighted by Gasteiger charge is -2.10. The first-order chi connectivity index (χ1) is 12.4. The van der Waals surface area contributed by atoms with Crippen LogP contribution in [0.1, 0.15) is 29.0 Å². The van der Waals surface area contributed by atoms with Gasteiger partial charge in [0.1, 0.15) is 18.1 Å². The molecule has 26 heavy (non-hydrogen) atoms. The molecule has 0 aliphatic rings. The first kappa shape index (κ1) is 17.6. The average molecular weight is 375 g/mol. The van der Waals surface area contributed by atoms with Gasteiger partial charge in [-0.25, -0.2) is 19.1 Å². The molecule has 0 bridgehead atoms. The van der Waals surface area contributed by atoms with Gasteiger partial charge in [-0.2, -0.15) is 5.10 Å². The van der Waals surface area contributed by atoms with Gasteiger partial charge in [0.15, 0.2) is 0 Å². The van der Waals surface area contributed by atoms with Gasteiger partial charge in [0, 0.05) is 11.2 Å². The van der Waals surface area contributed by atoms with E-state index in [2.05, 4.69) is 20.5 Å². The molecular formula is C16H15ClN6O3. The number of nitrogens with zero attached hydrogens (tertiary/aromatic N) is 5. The number of carbonyl (C=O) groups is 2. The lowest BCUT2D eigenvalue weighted by molar-refractivity contribution is -0.140. The molecule has 1 amide bonds. The van der Waals surface area contributed by atoms with E-state index in [0.29, 0.717) is 11.6 Å². The van der Waals surface area contributed by atoms with Crippen molar-refractivity contribution in [2.45, 2.75) is 19.5 Å². The third-order valence-corrected chi connectivity index (χ3v) is 3.86. The summed E-state index contributed by atoms with van der Waals surface area (Å²) >= 11 is 5.95. The van der Waals surface area contributed by atoms with E-state index in [-0.39, 0.29) is 11.6 Å². The number of carboxylic acids is 1. The Bertz CT molecular complexity index is 951. The van der Waals surface area contributed by atoms with Crippen LogP contribution in [0.3, 0.4) is 0 Å². The second-order valence-corrected chi connectivity index (χ2v) is 5.96. The number of anilines is 1. The van der Waals surface area contributed by atoms with Crippen molar-refractivity contribution in [3.63, 3.8) is 0 Å². The van der Waals surface area contributed by atoms with E-state index in [1.807, 2.05) is 18.2 Å². The number of carboxylic acid groups (broad SMARTS) is 1. The SMILES string of the molecule is CC(C(=O)O)n1nccc1C(=O)Nc1ncn(Cc2cccc(Cl)c2)n1. The van der Waals surface area contributed by atoms with Crippen molar-refractivity contribution in [3.05, 3.63) is 59.1 Å². The maximum absolute atomic E-state index is 12.4. The van der Waals surface area contributed by atoms with Crippen LogP contribution in [0.4, 0.5) is 5.95 Å². The van der Waals surface area contributed by atoms with Crippen LogP contribution in [0.15, 0.2) is 42.9 Å². The molecule has 1 aromatic carbocycles. The number of aromatic nitrogens is 5. The summed E-state index contributed by atoms with van der Waals surface area (Å²) in [5.74, 6) is -1.53. The van der Waals surface area contributed by atoms with Crippen LogP contribution in [0, 0.1) is 0 Å². The smallest absolute Gasteiger partial charge is 0.328 e. The summed E-state index contributed by atoms with van der Waals surface area (Å²) in [5.41, 5.74) is 1.04. The number of halogens is 1. The van der Waals surface area contributed by atoms with Gasteiger partial charge >= 0.3 is 5.97 Å². The molecule has 3 aromatic rings. The predicted octanol–water partition coefficient (Wildman–Crippen LogP) is 2.07. The second-order valence-electron chi connectivity index (χ2n) is 5.53. The van der Waals surface area contributed by atoms with Crippen molar-refractivity contribution in [1.82, 2.24) is 24.5 Å². The van der Waals surface area contributed by atoms with Crippen LogP contribution < -0.4 is 5.32 Å². The van der Waals surface area contributed by atoms with Crippen molar-refractivity contribution >= 4 is 29.4 Å². The second kappa shape index (κ2) is 7.36. The van der Waals surface area contributed by atoms with Crippen molar-refractivity contribution < 1.29 is 14.7 Å². The van der Waals surface area contributed by atoms with Gasteiger partial charge in [-0.1, -0.05) is 23.7 Å². The third kappa shape index (κ3) is 3.89. The Morgan fingerprint density at radius 2 is 2.15 bits per heavy atom. The van der Waals surface area contributed by atoms with Crippen LogP contribution in [0.5, 0.6) is 0 Å². The first-order valence-electron chi connectivity index (χ1n) is 7.65. The summed E-state index contributed by atoms with van der Waals surface area (Å²) in [6, 6.07) is 7.78. The molecule has 134 valence electrons. The molecule has 0 saturated heterocycles. The Morgan fingerprint density at radius 3 is 2.88 bits per heavy atom. The molecule has 1 atom stereocenters. The molecule has 1 unspecified atom stereocenters. The lowest BCUT2D eigenvalue weighted by atomic mass is 10.2. The minimum atomic E-state index is -1.09. The number of aliphatic carboxylic acids is 1. The Kier molecular flexibility index (Phi) is 4.99. The van der Waals surface area contributed by atoms with Gasteiger partial charge in [-0.15, -0.1) is 5.10 Å². The van der Waals surface area contributed by atoms with Crippen molar-refractivity contribution in [1.29, 1.82) is 0 Å². The number of nitrogens with one attached hydrogen (secondary N) is 1. The Balaban J connectivity index is 1.71. The normalized spacial score (nSPS) is 11.9. The Morgan fingerprint density at radius 1 is 1.35 bits per heavy atom. The highest BCUT2D eigenvalue weighted by molar-refractivity contribution is 6.30. The maximum atomic E-state index is 12.4. The van der Waals surface area contributed by atoms with Gasteiger partial charge in [-0.05, 0) is 30.7 Å². The van der Waals surface area contributed by atoms with Crippen LogP contribution in [0.25, 0.3) is 0 Å². The van der Waals surface area contributed by atoms with E-state index in [0.717, 1.165) is 10.2 Å². The largest absolute Gasteiger partial charge is 0.480 e. The molecule has 3 rings (SSSR count). The molecule has 0 saturated carbocycles. The van der Waals surface area contributed by atoms with Crippen LogP contribution >= 0.6 is 11.6 Å². The quantitative estimate of drug-likeness (QED) is 0.682. The predicted molar refractivity (Wildman–Crippen MR) is 93.1 cm³/mol. The van der Waals surface area contributed by atoms with E-state index in [1.165, 1.54) is 25.5 Å². The van der Waals surface area contributed by atoms with Gasteiger partial charge < -0.3 is 5.11 Å². The highest BCUT2D eigenvalue weighted by Crippen LogP contribution is 2.13. The molecule has 0 radical (unpaired) electrons. The monoisotopic (exact) mass is 374 g/mol. The zero-order valence-corrected chi connectivity index (χ0v) is 14.5. The topological polar surface area (TPSA) is 115 Å². The average Bonchev–Trinajstić information content (AvgIpc) is 3.23. The summed E-state index contributed by atoms with van der Waals surface area (Å²) in [7, 11) is 0. The minimum absolute atomic E-state index is 0.103. The number of amides is 1. The Hall–Kier alpha value is -3.20. The number of carbonyl (C=O) groups excluding carboxylic acids is 1. The molecule has 0 spiro atoms. The summed E-state index contributed by atoms with van der Waals surface area (Å²) in [4.78, 5) is 27.5. The van der Waals surface area contributed by atoms with Crippen molar-refractivity contribution in [3.8, 4) is 0 Å². The number of rotatable bonds is 6. The highest BCUT2D eigenvalue weighted by atomic mass is 35.5. The van der Waals surface area contributed by atoms with E-state index >= 15 is 0 Å². The summed E-state index contributed by atoms with van der Waals surface area (Å²) in [6.07, 6.45) is 2.84. The van der Waals surface area contributed by atoms with Crippen LogP contribution in [-0.2, 0) is 11.3 Å². The van der Waals surface area contributed by atoms with Crippen LogP contribution in [-0.4, -0.2) is 41.5 Å². The molecular weight excluding hydrogens is 360 g/mol. The molecule has 0 aliphatic carbocycles. The standard InChI is InChI=1S/C16H15ClN6O3/c1-10(15(25)26)23-13(5-6-19-23)14(24)20-16-18-9-22(21-16)8-11-3-2-4-12(17)7-11/h2-7,9-10H,8H2,1H3,(H,25,26)(H,20,21,24). The fourth-order valence-electron chi connectivity index (χ4n) is 2.32. The summed E-state index contributed by atoms with van der Waals surface area (Å²) in [5, 5.41) is 20.3. The first-order valence-corrected chi connectivity index (χ1v) is 8.03. The van der Waals surface area contributed by atoms with Gasteiger partial charge in [0.25, 0.3) is 5.91 Å². The molecule has 10 heteroatoms. The zero-order valence-electron chi connectivity index (χ0n) is 13.7. The maximum Gasteiger partial charge on any atom is 0.328 e. The molecule has 0 fully saturated rings. The molecule has 2 heterocycles. The number of hydrogen-bond donors (Lipinski definition) is 2. The molecule has 2 aromatic heterocycles. The van der Waals surface area contributed by atoms with Crippen molar-refractivity contribution in [2.75, 3.05) is 5.32 Å². The Labute approximate surface area is 153 Å². The fourth-order valence-corrected chi connectivity index (χ4v) is 2.54. The molecule has 9 nitrogen and oxygen atoms in total. The minimum Gasteiger partial charge on any atom is -0.480 e. The molecule has 0 aliphatic heterocycles. The van der Waals surface area contributed by atoms with E-state index < -0.39 is 17.9 Å². The number of benzene rings is 1. The van der Waals surface area contributed by atoms with E-state index in [9.17, 15) is 9.59 Å². The molecule has 2 N–H and O–H groups in total. The van der Waals surface area contributed by atoms with Gasteiger partial charge in [0.2, 0.25) is 5.95 Å². The number of hydrogen-bond acceptors (Lipinski definition) is 5. The van der Waals surface area contributed by atoms with Gasteiger partial charge in [-0.3, -0.25) is 10.1 Å². The van der Waals surface area contributed by atoms with Crippen LogP contribution in [0.2, 0.25) is 5.02 Å². The van der Waals surface area contributed by atoms with Crippen molar-refractivity contribution in [2.24, 2.45) is 0 Å². The van der Waals surface area contributed by atoms with E-state index in [4.69, 9.17) is 16.7 Å². The van der Waals surface area contributed by atoms with Gasteiger partial charge in [0.05, 0.1) is 6.54 Å². The fraction of sp³-hybridized carbons (Fsp3) is 0.188. The summed E-state index contributed by atoms with van der Waals surface area (Å²) in [6.45, 7) is 1.88. The zero-order chi connectivity index (χ0) is 18.7.